The number of rotatable bonds is 8. The number of thioether (sulfide) groups is 1. The van der Waals surface area contributed by atoms with E-state index in [0.717, 1.165) is 43.9 Å². The van der Waals surface area contributed by atoms with Gasteiger partial charge in [-0.1, -0.05) is 54.6 Å². The molecule has 6 nitrogen and oxygen atoms in total. The lowest BCUT2D eigenvalue weighted by Crippen LogP contribution is -2.36. The van der Waals surface area contributed by atoms with E-state index in [0.29, 0.717) is 24.4 Å². The van der Waals surface area contributed by atoms with Gasteiger partial charge in [0, 0.05) is 37.4 Å². The van der Waals surface area contributed by atoms with Gasteiger partial charge >= 0.3 is 0 Å². The predicted octanol–water partition coefficient (Wildman–Crippen LogP) is 4.27. The average Bonchev–Trinajstić information content (AvgIpc) is 3.32. The lowest BCUT2D eigenvalue weighted by Gasteiger charge is -2.28. The van der Waals surface area contributed by atoms with Crippen LogP contribution in [0, 0.1) is 0 Å². The fourth-order valence-corrected chi connectivity index (χ4v) is 5.81. The molecule has 7 heteroatoms. The fraction of sp³-hybridized carbons (Fsp3) is 0.310. The minimum atomic E-state index is -0.102. The second-order valence-electron chi connectivity index (χ2n) is 9.06. The van der Waals surface area contributed by atoms with E-state index < -0.39 is 0 Å². The van der Waals surface area contributed by atoms with E-state index in [2.05, 4.69) is 46.6 Å². The highest BCUT2D eigenvalue weighted by Crippen LogP contribution is 2.38. The third-order valence-corrected chi connectivity index (χ3v) is 7.93. The molecule has 0 aromatic heterocycles. The number of benzene rings is 3. The third kappa shape index (κ3) is 5.91. The summed E-state index contributed by atoms with van der Waals surface area (Å²) in [5.74, 6) is 0.559. The molecule has 1 N–H and O–H groups in total. The van der Waals surface area contributed by atoms with Gasteiger partial charge in [0.2, 0.25) is 5.91 Å². The zero-order valence-corrected chi connectivity index (χ0v) is 21.1. The van der Waals surface area contributed by atoms with Crippen LogP contribution in [-0.2, 0) is 22.5 Å². The Hall–Kier alpha value is -3.29. The molecule has 1 atom stereocenters. The molecule has 2 saturated heterocycles. The first kappa shape index (κ1) is 24.4. The molecule has 36 heavy (non-hydrogen) atoms. The maximum Gasteiger partial charge on any atom is 0.251 e. The number of anilines is 1. The molecule has 3 aromatic carbocycles. The lowest BCUT2D eigenvalue weighted by atomic mass is 10.1. The van der Waals surface area contributed by atoms with Gasteiger partial charge in [0.1, 0.15) is 5.37 Å². The molecule has 0 bridgehead atoms. The Balaban J connectivity index is 1.15. The van der Waals surface area contributed by atoms with Gasteiger partial charge in [0.05, 0.1) is 19.0 Å². The van der Waals surface area contributed by atoms with E-state index >= 15 is 0 Å². The average molecular weight is 502 g/mol. The second-order valence-corrected chi connectivity index (χ2v) is 10.1. The van der Waals surface area contributed by atoms with Crippen molar-refractivity contribution in [2.45, 2.75) is 18.3 Å². The molecule has 2 amide bonds. The van der Waals surface area contributed by atoms with E-state index in [-0.39, 0.29) is 17.2 Å². The molecule has 0 saturated carbocycles. The minimum Gasteiger partial charge on any atom is -0.378 e. The molecular formula is C29H31N3O3S. The quantitative estimate of drug-likeness (QED) is 0.500. The molecule has 186 valence electrons. The Labute approximate surface area is 216 Å². The van der Waals surface area contributed by atoms with E-state index in [9.17, 15) is 9.59 Å². The number of nitrogens with zero attached hydrogens (tertiary/aromatic N) is 2. The molecule has 2 aliphatic heterocycles. The summed E-state index contributed by atoms with van der Waals surface area (Å²) < 4.78 is 5.42. The van der Waals surface area contributed by atoms with Crippen LogP contribution in [-0.4, -0.2) is 55.3 Å². The Bertz CT molecular complexity index is 1160. The maximum absolute atomic E-state index is 12.7. The van der Waals surface area contributed by atoms with Crippen molar-refractivity contribution < 1.29 is 14.3 Å². The highest BCUT2D eigenvalue weighted by molar-refractivity contribution is 8.00. The van der Waals surface area contributed by atoms with Crippen molar-refractivity contribution in [1.29, 1.82) is 0 Å². The number of carbonyl (C=O) groups excluding carboxylic acids is 2. The largest absolute Gasteiger partial charge is 0.378 e. The van der Waals surface area contributed by atoms with Gasteiger partial charge in [-0.15, -0.1) is 11.8 Å². The molecule has 0 spiro atoms. The number of hydrogen-bond donors (Lipinski definition) is 1. The number of ether oxygens (including phenoxy) is 1. The minimum absolute atomic E-state index is 0.0108. The van der Waals surface area contributed by atoms with Crippen molar-refractivity contribution in [3.63, 3.8) is 0 Å². The van der Waals surface area contributed by atoms with Crippen LogP contribution in [0.1, 0.15) is 32.4 Å². The summed E-state index contributed by atoms with van der Waals surface area (Å²) >= 11 is 1.65. The first-order chi connectivity index (χ1) is 17.7. The molecule has 3 aromatic rings. The van der Waals surface area contributed by atoms with Crippen molar-refractivity contribution in [1.82, 2.24) is 10.2 Å². The van der Waals surface area contributed by atoms with Gasteiger partial charge in [0.25, 0.3) is 5.91 Å². The van der Waals surface area contributed by atoms with E-state index in [1.807, 2.05) is 47.4 Å². The lowest BCUT2D eigenvalue weighted by molar-refractivity contribution is -0.128. The van der Waals surface area contributed by atoms with Crippen molar-refractivity contribution in [2.75, 3.05) is 43.5 Å². The third-order valence-electron chi connectivity index (χ3n) is 6.68. The summed E-state index contributed by atoms with van der Waals surface area (Å²) in [6, 6.07) is 26.2. The fourth-order valence-electron chi connectivity index (χ4n) is 4.60. The van der Waals surface area contributed by atoms with Gasteiger partial charge in [-0.2, -0.15) is 0 Å². The Kier molecular flexibility index (Phi) is 7.88. The molecule has 0 radical (unpaired) electrons. The molecule has 2 fully saturated rings. The van der Waals surface area contributed by atoms with Gasteiger partial charge < -0.3 is 19.9 Å². The Morgan fingerprint density at radius 2 is 1.64 bits per heavy atom. The van der Waals surface area contributed by atoms with Crippen LogP contribution < -0.4 is 10.2 Å². The van der Waals surface area contributed by atoms with Gasteiger partial charge in [-0.3, -0.25) is 9.59 Å². The first-order valence-corrected chi connectivity index (χ1v) is 13.5. The first-order valence-electron chi connectivity index (χ1n) is 12.4. The zero-order chi connectivity index (χ0) is 24.7. The Morgan fingerprint density at radius 1 is 0.917 bits per heavy atom. The monoisotopic (exact) mass is 501 g/mol. The number of carbonyl (C=O) groups is 2. The van der Waals surface area contributed by atoms with Gasteiger partial charge in [0.15, 0.2) is 0 Å². The highest BCUT2D eigenvalue weighted by atomic mass is 32.2. The summed E-state index contributed by atoms with van der Waals surface area (Å²) in [4.78, 5) is 29.5. The van der Waals surface area contributed by atoms with Crippen LogP contribution in [0.2, 0.25) is 0 Å². The van der Waals surface area contributed by atoms with E-state index in [1.54, 1.807) is 11.8 Å². The summed E-state index contributed by atoms with van der Waals surface area (Å²) in [6.07, 6.45) is 0.831. The summed E-state index contributed by atoms with van der Waals surface area (Å²) in [7, 11) is 0. The normalized spacial score (nSPS) is 17.9. The molecule has 0 unspecified atom stereocenters. The number of morpholine rings is 1. The number of amides is 2. The SMILES string of the molecule is O=C(NCc1ccc(N2CCOCC2)cc1)c1ccc([C@H]2SCC(=O)N2CCc2ccccc2)cc1. The zero-order valence-electron chi connectivity index (χ0n) is 20.3. The predicted molar refractivity (Wildman–Crippen MR) is 144 cm³/mol. The van der Waals surface area contributed by atoms with Crippen molar-refractivity contribution in [3.8, 4) is 0 Å². The van der Waals surface area contributed by atoms with Gasteiger partial charge in [-0.25, -0.2) is 0 Å². The Morgan fingerprint density at radius 3 is 2.36 bits per heavy atom. The summed E-state index contributed by atoms with van der Waals surface area (Å²) in [5.41, 5.74) is 5.14. The smallest absolute Gasteiger partial charge is 0.251 e. The molecular weight excluding hydrogens is 470 g/mol. The summed E-state index contributed by atoms with van der Waals surface area (Å²) in [5, 5.41) is 3.00. The van der Waals surface area contributed by atoms with Crippen molar-refractivity contribution in [2.24, 2.45) is 0 Å². The van der Waals surface area contributed by atoms with E-state index in [1.165, 1.54) is 11.3 Å². The van der Waals surface area contributed by atoms with Crippen molar-refractivity contribution in [3.05, 3.63) is 101 Å². The number of nitrogens with one attached hydrogen (secondary N) is 1. The van der Waals surface area contributed by atoms with Crippen LogP contribution in [0.3, 0.4) is 0 Å². The second kappa shape index (κ2) is 11.6. The van der Waals surface area contributed by atoms with Crippen LogP contribution >= 0.6 is 11.8 Å². The maximum atomic E-state index is 12.7. The topological polar surface area (TPSA) is 61.9 Å². The standard InChI is InChI=1S/C29H31N3O3S/c33-27-21-36-29(32(27)15-14-22-4-2-1-3-5-22)25-10-8-24(9-11-25)28(34)30-20-23-6-12-26(13-7-23)31-16-18-35-19-17-31/h1-13,29H,14-21H2,(H,30,34)/t29-/m1/s1. The molecule has 2 heterocycles. The van der Waals surface area contributed by atoms with Gasteiger partial charge in [-0.05, 0) is 47.4 Å². The van der Waals surface area contributed by atoms with Crippen LogP contribution in [0.5, 0.6) is 0 Å². The number of hydrogen-bond acceptors (Lipinski definition) is 5. The molecule has 0 aliphatic carbocycles. The van der Waals surface area contributed by atoms with E-state index in [4.69, 9.17) is 4.74 Å². The van der Waals surface area contributed by atoms with Crippen LogP contribution in [0.15, 0.2) is 78.9 Å². The highest BCUT2D eigenvalue weighted by Gasteiger charge is 2.32. The van der Waals surface area contributed by atoms with Crippen molar-refractivity contribution >= 4 is 29.3 Å². The van der Waals surface area contributed by atoms with Crippen LogP contribution in [0.4, 0.5) is 5.69 Å². The molecule has 5 rings (SSSR count). The van der Waals surface area contributed by atoms with Crippen LogP contribution in [0.25, 0.3) is 0 Å². The molecule has 2 aliphatic rings. The summed E-state index contributed by atoms with van der Waals surface area (Å²) in [6.45, 7) is 4.50.